The highest BCUT2D eigenvalue weighted by molar-refractivity contribution is 6.34. The van der Waals surface area contributed by atoms with Crippen LogP contribution in [0.25, 0.3) is 0 Å². The van der Waals surface area contributed by atoms with Gasteiger partial charge in [0.2, 0.25) is 0 Å². The molecule has 0 unspecified atom stereocenters. The minimum atomic E-state index is 0.646. The van der Waals surface area contributed by atoms with Gasteiger partial charge >= 0.3 is 0 Å². The van der Waals surface area contributed by atoms with Gasteiger partial charge in [0.05, 0.1) is 7.11 Å². The first-order valence-corrected chi connectivity index (χ1v) is 7.10. The molecule has 0 bridgehead atoms. The van der Waals surface area contributed by atoms with Crippen LogP contribution in [0.3, 0.4) is 0 Å². The van der Waals surface area contributed by atoms with Gasteiger partial charge in [-0.2, -0.15) is 0 Å². The van der Waals surface area contributed by atoms with Crippen molar-refractivity contribution < 1.29 is 4.74 Å². The van der Waals surface area contributed by atoms with Gasteiger partial charge < -0.3 is 10.1 Å². The topological polar surface area (TPSA) is 21.3 Å². The van der Waals surface area contributed by atoms with E-state index in [4.69, 9.17) is 27.9 Å². The summed E-state index contributed by atoms with van der Waals surface area (Å²) in [4.78, 5) is 0. The van der Waals surface area contributed by atoms with Gasteiger partial charge in [-0.15, -0.1) is 0 Å². The monoisotopic (exact) mass is 309 g/mol. The van der Waals surface area contributed by atoms with E-state index in [9.17, 15) is 0 Å². The third kappa shape index (κ3) is 3.38. The van der Waals surface area contributed by atoms with Gasteiger partial charge in [-0.1, -0.05) is 29.3 Å². The van der Waals surface area contributed by atoms with Crippen LogP contribution < -0.4 is 10.1 Å². The lowest BCUT2D eigenvalue weighted by Gasteiger charge is -2.15. The van der Waals surface area contributed by atoms with Crippen molar-refractivity contribution in [1.82, 2.24) is 0 Å². The van der Waals surface area contributed by atoms with E-state index in [0.717, 1.165) is 28.1 Å². The molecule has 0 spiro atoms. The normalized spacial score (nSPS) is 10.4. The van der Waals surface area contributed by atoms with Crippen molar-refractivity contribution in [2.24, 2.45) is 0 Å². The van der Waals surface area contributed by atoms with Crippen molar-refractivity contribution in [3.8, 4) is 5.75 Å². The molecule has 0 aliphatic rings. The van der Waals surface area contributed by atoms with Crippen molar-refractivity contribution in [3.63, 3.8) is 0 Å². The first-order chi connectivity index (χ1) is 9.51. The lowest BCUT2D eigenvalue weighted by atomic mass is 10.1. The number of hydrogen-bond donors (Lipinski definition) is 1. The van der Waals surface area contributed by atoms with Crippen molar-refractivity contribution in [2.45, 2.75) is 20.4 Å². The summed E-state index contributed by atoms with van der Waals surface area (Å²) in [5.74, 6) is 0.916. The van der Waals surface area contributed by atoms with Crippen LogP contribution in [0.1, 0.15) is 16.7 Å². The molecule has 0 radical (unpaired) electrons. The van der Waals surface area contributed by atoms with Gasteiger partial charge in [-0.3, -0.25) is 0 Å². The predicted octanol–water partition coefficient (Wildman–Crippen LogP) is 5.23. The molecule has 0 atom stereocenters. The fraction of sp³-hybridized carbons (Fsp3) is 0.250. The molecule has 0 aliphatic heterocycles. The molecular weight excluding hydrogens is 293 g/mol. The second-order valence-electron chi connectivity index (χ2n) is 4.72. The number of ether oxygens (including phenoxy) is 1. The van der Waals surface area contributed by atoms with Crippen molar-refractivity contribution in [2.75, 3.05) is 12.4 Å². The number of aryl methyl sites for hydroxylation is 1. The maximum atomic E-state index is 6.00. The summed E-state index contributed by atoms with van der Waals surface area (Å²) in [6, 6.07) is 9.63. The molecule has 2 aromatic carbocycles. The van der Waals surface area contributed by atoms with E-state index in [1.54, 1.807) is 13.2 Å². The average Bonchev–Trinajstić information content (AvgIpc) is 2.37. The van der Waals surface area contributed by atoms with Crippen LogP contribution in [0.5, 0.6) is 5.75 Å². The van der Waals surface area contributed by atoms with E-state index in [2.05, 4.69) is 11.4 Å². The van der Waals surface area contributed by atoms with Crippen LogP contribution in [-0.2, 0) is 6.54 Å². The Balaban J connectivity index is 2.19. The second kappa shape index (κ2) is 6.38. The molecule has 0 fully saturated rings. The molecule has 4 heteroatoms. The average molecular weight is 310 g/mol. The van der Waals surface area contributed by atoms with Crippen LogP contribution in [0.2, 0.25) is 10.0 Å². The standard InChI is InChI=1S/C16H17Cl2NO/c1-10-4-5-15(11(2)16(10)20-3)19-9-12-6-13(17)8-14(18)7-12/h4-8,19H,9H2,1-3H3. The molecule has 0 aliphatic carbocycles. The quantitative estimate of drug-likeness (QED) is 0.835. The Morgan fingerprint density at radius 1 is 1.05 bits per heavy atom. The largest absolute Gasteiger partial charge is 0.496 e. The molecule has 0 heterocycles. The fourth-order valence-electron chi connectivity index (χ4n) is 2.24. The van der Waals surface area contributed by atoms with E-state index in [1.165, 1.54) is 0 Å². The van der Waals surface area contributed by atoms with E-state index in [-0.39, 0.29) is 0 Å². The molecule has 0 amide bonds. The van der Waals surface area contributed by atoms with Crippen LogP contribution in [-0.4, -0.2) is 7.11 Å². The molecule has 0 saturated carbocycles. The molecule has 1 N–H and O–H groups in total. The van der Waals surface area contributed by atoms with Gasteiger partial charge in [0.1, 0.15) is 5.75 Å². The number of rotatable bonds is 4. The lowest BCUT2D eigenvalue weighted by molar-refractivity contribution is 0.409. The Hall–Kier alpha value is -1.38. The molecule has 0 saturated heterocycles. The highest BCUT2D eigenvalue weighted by atomic mass is 35.5. The van der Waals surface area contributed by atoms with Gasteiger partial charge in [0, 0.05) is 27.8 Å². The second-order valence-corrected chi connectivity index (χ2v) is 5.59. The van der Waals surface area contributed by atoms with Gasteiger partial charge in [0.25, 0.3) is 0 Å². The molecule has 2 nitrogen and oxygen atoms in total. The van der Waals surface area contributed by atoms with Gasteiger partial charge in [-0.05, 0) is 49.2 Å². The smallest absolute Gasteiger partial charge is 0.126 e. The van der Waals surface area contributed by atoms with Crippen molar-refractivity contribution >= 4 is 28.9 Å². The summed E-state index contributed by atoms with van der Waals surface area (Å²) in [5.41, 5.74) is 4.31. The minimum absolute atomic E-state index is 0.646. The molecule has 2 aromatic rings. The summed E-state index contributed by atoms with van der Waals surface area (Å²) in [6.07, 6.45) is 0. The number of benzene rings is 2. The van der Waals surface area contributed by atoms with Crippen LogP contribution in [0.15, 0.2) is 30.3 Å². The zero-order valence-corrected chi connectivity index (χ0v) is 13.3. The molecule has 106 valence electrons. The highest BCUT2D eigenvalue weighted by Gasteiger charge is 2.07. The number of halogens is 2. The number of anilines is 1. The van der Waals surface area contributed by atoms with Crippen molar-refractivity contribution in [3.05, 3.63) is 57.1 Å². The Labute approximate surface area is 129 Å². The van der Waals surface area contributed by atoms with E-state index in [1.807, 2.05) is 32.0 Å². The zero-order chi connectivity index (χ0) is 14.7. The molecular formula is C16H17Cl2NO. The summed E-state index contributed by atoms with van der Waals surface area (Å²) < 4.78 is 5.42. The highest BCUT2D eigenvalue weighted by Crippen LogP contribution is 2.29. The van der Waals surface area contributed by atoms with Crippen LogP contribution in [0.4, 0.5) is 5.69 Å². The minimum Gasteiger partial charge on any atom is -0.496 e. The Kier molecular flexibility index (Phi) is 4.79. The molecule has 2 rings (SSSR count). The third-order valence-electron chi connectivity index (χ3n) is 3.21. The Bertz CT molecular complexity index is 606. The number of methoxy groups -OCH3 is 1. The fourth-order valence-corrected chi connectivity index (χ4v) is 2.81. The van der Waals surface area contributed by atoms with Crippen molar-refractivity contribution in [1.29, 1.82) is 0 Å². The Morgan fingerprint density at radius 2 is 1.70 bits per heavy atom. The first kappa shape index (κ1) is 15.0. The van der Waals surface area contributed by atoms with Crippen LogP contribution >= 0.6 is 23.2 Å². The zero-order valence-electron chi connectivity index (χ0n) is 11.8. The lowest BCUT2D eigenvalue weighted by Crippen LogP contribution is -2.03. The maximum Gasteiger partial charge on any atom is 0.126 e. The third-order valence-corrected chi connectivity index (χ3v) is 3.65. The maximum absolute atomic E-state index is 6.00. The number of hydrogen-bond acceptors (Lipinski definition) is 2. The molecule has 0 aromatic heterocycles. The SMILES string of the molecule is COc1c(C)ccc(NCc2cc(Cl)cc(Cl)c2)c1C. The summed E-state index contributed by atoms with van der Waals surface area (Å²) >= 11 is 12.0. The summed E-state index contributed by atoms with van der Waals surface area (Å²) in [7, 11) is 1.69. The summed E-state index contributed by atoms with van der Waals surface area (Å²) in [6.45, 7) is 4.73. The van der Waals surface area contributed by atoms with Gasteiger partial charge in [-0.25, -0.2) is 0 Å². The first-order valence-electron chi connectivity index (χ1n) is 6.34. The summed E-state index contributed by atoms with van der Waals surface area (Å²) in [5, 5.41) is 4.68. The molecule has 20 heavy (non-hydrogen) atoms. The van der Waals surface area contributed by atoms with E-state index >= 15 is 0 Å². The van der Waals surface area contributed by atoms with Crippen LogP contribution in [0, 0.1) is 13.8 Å². The van der Waals surface area contributed by atoms with E-state index < -0.39 is 0 Å². The predicted molar refractivity (Wildman–Crippen MR) is 86.3 cm³/mol. The Morgan fingerprint density at radius 3 is 2.30 bits per heavy atom. The van der Waals surface area contributed by atoms with E-state index in [0.29, 0.717) is 16.6 Å². The van der Waals surface area contributed by atoms with Gasteiger partial charge in [0.15, 0.2) is 0 Å². The number of nitrogens with one attached hydrogen (secondary N) is 1.